The van der Waals surface area contributed by atoms with Gasteiger partial charge in [0.2, 0.25) is 12.4 Å². The predicted octanol–water partition coefficient (Wildman–Crippen LogP) is 0.558. The van der Waals surface area contributed by atoms with Crippen molar-refractivity contribution in [2.75, 3.05) is 33.2 Å². The molecule has 0 aromatic heterocycles. The number of primary amides is 1. The van der Waals surface area contributed by atoms with E-state index in [2.05, 4.69) is 22.5 Å². The van der Waals surface area contributed by atoms with Crippen LogP contribution in [0, 0.1) is 11.8 Å². The molecule has 0 aliphatic carbocycles. The first kappa shape index (κ1) is 36.8. The molecular formula is C35H44N4O11. The molecule has 2 aromatic rings. The zero-order chi connectivity index (χ0) is 36.2. The van der Waals surface area contributed by atoms with E-state index in [9.17, 15) is 40.2 Å². The number of hydrogen-bond acceptors (Lipinski definition) is 13. The van der Waals surface area contributed by atoms with Crippen LogP contribution in [0.1, 0.15) is 30.9 Å². The Morgan fingerprint density at radius 1 is 1.16 bits per heavy atom. The van der Waals surface area contributed by atoms with Crippen molar-refractivity contribution in [2.24, 2.45) is 22.6 Å². The normalized spacial score (nSPS) is 27.2. The van der Waals surface area contributed by atoms with Crippen LogP contribution in [-0.4, -0.2) is 118 Å². The van der Waals surface area contributed by atoms with Gasteiger partial charge in [-0.15, -0.1) is 0 Å². The number of rotatable bonds is 15. The second kappa shape index (κ2) is 15.6. The molecule has 1 saturated heterocycles. The number of aliphatic imine (C=N–C) groups is 1. The molecular weight excluding hydrogens is 652 g/mol. The lowest BCUT2D eigenvalue weighted by atomic mass is 9.84. The van der Waals surface area contributed by atoms with Gasteiger partial charge in [0.1, 0.15) is 35.2 Å². The first-order valence-electron chi connectivity index (χ1n) is 16.3. The average molecular weight is 697 g/mol. The highest BCUT2D eigenvalue weighted by atomic mass is 16.7. The molecule has 0 saturated carbocycles. The van der Waals surface area contributed by atoms with E-state index in [4.69, 9.17) is 19.9 Å². The summed E-state index contributed by atoms with van der Waals surface area (Å²) < 4.78 is 17.4. The molecule has 0 spiro atoms. The first-order chi connectivity index (χ1) is 23.8. The van der Waals surface area contributed by atoms with Crippen molar-refractivity contribution in [3.05, 3.63) is 65.2 Å². The number of nitrogens with one attached hydrogen (secondary N) is 2. The Balaban J connectivity index is 1.40. The second-order valence-corrected chi connectivity index (χ2v) is 12.9. The third-order valence-corrected chi connectivity index (χ3v) is 9.40. The fourth-order valence-corrected chi connectivity index (χ4v) is 6.40. The van der Waals surface area contributed by atoms with E-state index in [-0.39, 0.29) is 52.5 Å². The van der Waals surface area contributed by atoms with Crippen LogP contribution in [0.3, 0.4) is 0 Å². The van der Waals surface area contributed by atoms with Crippen LogP contribution in [-0.2, 0) is 14.3 Å². The summed E-state index contributed by atoms with van der Waals surface area (Å²) in [4.78, 5) is 28.7. The number of aliphatic hydroxyl groups excluding tert-OH is 3. The molecule has 15 nitrogen and oxygen atoms in total. The van der Waals surface area contributed by atoms with Crippen molar-refractivity contribution in [3.63, 3.8) is 0 Å². The Bertz CT molecular complexity index is 1650. The Labute approximate surface area is 288 Å². The number of carboxylic acid groups (broad SMARTS) is 1. The summed E-state index contributed by atoms with van der Waals surface area (Å²) in [6.07, 6.45) is -3.69. The van der Waals surface area contributed by atoms with Gasteiger partial charge in [-0.3, -0.25) is 9.79 Å². The molecule has 0 bridgehead atoms. The minimum absolute atomic E-state index is 0.0256. The summed E-state index contributed by atoms with van der Waals surface area (Å²) >= 11 is 0. The summed E-state index contributed by atoms with van der Waals surface area (Å²) in [6.45, 7) is 3.59. The predicted molar refractivity (Wildman–Crippen MR) is 182 cm³/mol. The molecule has 15 heteroatoms. The number of phenolic OH excluding ortho intramolecular Hbond substituents is 1. The van der Waals surface area contributed by atoms with Crippen molar-refractivity contribution in [1.82, 2.24) is 10.6 Å². The van der Waals surface area contributed by atoms with Gasteiger partial charge in [-0.25, -0.2) is 4.79 Å². The van der Waals surface area contributed by atoms with E-state index in [1.165, 1.54) is 42.5 Å². The van der Waals surface area contributed by atoms with Gasteiger partial charge in [-0.1, -0.05) is 25.1 Å². The zero-order valence-electron chi connectivity index (χ0n) is 27.7. The lowest BCUT2D eigenvalue weighted by molar-refractivity contribution is -0.311. The molecule has 270 valence electrons. The van der Waals surface area contributed by atoms with Crippen LogP contribution >= 0.6 is 0 Å². The van der Waals surface area contributed by atoms with Gasteiger partial charge in [-0.05, 0) is 80.2 Å². The largest absolute Gasteiger partial charge is 0.508 e. The molecule has 3 aliphatic heterocycles. The Kier molecular flexibility index (Phi) is 11.5. The maximum atomic E-state index is 12.4. The molecule has 1 fully saturated rings. The van der Waals surface area contributed by atoms with Crippen molar-refractivity contribution < 1.29 is 54.4 Å². The number of benzene rings is 2. The molecule has 1 amide bonds. The molecule has 8 unspecified atom stereocenters. The number of aliphatic hydroxyl groups is 4. The molecule has 5 rings (SSSR count). The SMILES string of the molecule is CNCCC(C)C(CNCC1(O)C(Oc2ccc3c(c2)OC(C(N)=O)C(c2ccc(O)cc2)=C3O)OC(C(=O)O)C(O)C1O)CC1=CCN=C1. The topological polar surface area (TPSA) is 246 Å². The Hall–Kier alpha value is -4.51. The van der Waals surface area contributed by atoms with Crippen LogP contribution in [0.2, 0.25) is 0 Å². The van der Waals surface area contributed by atoms with Crippen LogP contribution in [0.5, 0.6) is 17.2 Å². The highest BCUT2D eigenvalue weighted by molar-refractivity contribution is 6.03. The summed E-state index contributed by atoms with van der Waals surface area (Å²) in [6, 6.07) is 9.82. The Morgan fingerprint density at radius 3 is 2.54 bits per heavy atom. The molecule has 8 atom stereocenters. The standard InChI is InChI=1S/C35H44N4O11/c1-18(9-11-37-2)21(13-19-10-12-38-15-19)16-39-17-35(47)31(43)28(42)30(33(45)46)50-34(35)48-23-7-8-24-25(14-23)49-29(32(36)44)26(27(24)41)20-3-5-22(40)6-4-20/h3-8,10,14-15,18,21,28-31,34,37,39-43,47H,9,11-13,16-17H2,1-2H3,(H2,36,44)(H,45,46). The van der Waals surface area contributed by atoms with Crippen LogP contribution < -0.4 is 25.8 Å². The van der Waals surface area contributed by atoms with Gasteiger partial charge >= 0.3 is 5.97 Å². The van der Waals surface area contributed by atoms with Crippen molar-refractivity contribution in [3.8, 4) is 17.2 Å². The number of aliphatic carboxylic acids is 1. The van der Waals surface area contributed by atoms with E-state index >= 15 is 0 Å². The lowest BCUT2D eigenvalue weighted by Crippen LogP contribution is -2.71. The average Bonchev–Trinajstić information content (AvgIpc) is 3.60. The molecule has 2 aromatic carbocycles. The van der Waals surface area contributed by atoms with Crippen molar-refractivity contribution >= 4 is 29.4 Å². The number of allylic oxidation sites excluding steroid dienone is 1. The number of ether oxygens (including phenoxy) is 3. The fraction of sp³-hybridized carbons (Fsp3) is 0.457. The van der Waals surface area contributed by atoms with Crippen molar-refractivity contribution in [2.45, 2.75) is 56.1 Å². The summed E-state index contributed by atoms with van der Waals surface area (Å²) in [5.41, 5.74) is 4.99. The molecule has 3 aliphatic rings. The van der Waals surface area contributed by atoms with Gasteiger partial charge < -0.3 is 61.2 Å². The van der Waals surface area contributed by atoms with E-state index < -0.39 is 48.2 Å². The van der Waals surface area contributed by atoms with Crippen LogP contribution in [0.25, 0.3) is 11.3 Å². The summed E-state index contributed by atoms with van der Waals surface area (Å²) in [7, 11) is 1.88. The van der Waals surface area contributed by atoms with Gasteiger partial charge in [0.15, 0.2) is 11.7 Å². The second-order valence-electron chi connectivity index (χ2n) is 12.9. The van der Waals surface area contributed by atoms with Crippen LogP contribution in [0.4, 0.5) is 0 Å². The quantitative estimate of drug-likeness (QED) is 0.124. The van der Waals surface area contributed by atoms with Crippen molar-refractivity contribution in [1.29, 1.82) is 0 Å². The number of phenols is 1. The number of carbonyl (C=O) groups is 2. The number of aromatic hydroxyl groups is 1. The highest BCUT2D eigenvalue weighted by Crippen LogP contribution is 2.42. The minimum Gasteiger partial charge on any atom is -0.508 e. The molecule has 3 heterocycles. The smallest absolute Gasteiger partial charge is 0.335 e. The lowest BCUT2D eigenvalue weighted by Gasteiger charge is -2.47. The first-order valence-corrected chi connectivity index (χ1v) is 16.3. The number of nitrogens with two attached hydrogens (primary N) is 1. The molecule has 50 heavy (non-hydrogen) atoms. The van der Waals surface area contributed by atoms with Crippen LogP contribution in [0.15, 0.2) is 59.1 Å². The highest BCUT2D eigenvalue weighted by Gasteiger charge is 2.58. The van der Waals surface area contributed by atoms with Gasteiger partial charge in [0.05, 0.1) is 17.7 Å². The monoisotopic (exact) mass is 696 g/mol. The number of carbonyl (C=O) groups excluding carboxylic acids is 1. The zero-order valence-corrected chi connectivity index (χ0v) is 27.7. The molecule has 0 radical (unpaired) electrons. The molecule has 10 N–H and O–H groups in total. The van der Waals surface area contributed by atoms with Gasteiger partial charge in [0, 0.05) is 18.8 Å². The number of fused-ring (bicyclic) bond motifs is 1. The number of amides is 1. The van der Waals surface area contributed by atoms with E-state index in [0.29, 0.717) is 18.7 Å². The van der Waals surface area contributed by atoms with Gasteiger partial charge in [-0.2, -0.15) is 0 Å². The summed E-state index contributed by atoms with van der Waals surface area (Å²) in [5.74, 6) is -2.56. The number of hydrogen-bond donors (Lipinski definition) is 9. The Morgan fingerprint density at radius 2 is 1.90 bits per heavy atom. The summed E-state index contributed by atoms with van der Waals surface area (Å²) in [5, 5.41) is 70.6. The van der Waals surface area contributed by atoms with Gasteiger partial charge in [0.25, 0.3) is 5.91 Å². The number of carboxylic acids is 1. The third kappa shape index (κ3) is 7.78. The third-order valence-electron chi connectivity index (χ3n) is 9.40. The van der Waals surface area contributed by atoms with E-state index in [1.54, 1.807) is 0 Å². The van der Waals surface area contributed by atoms with E-state index in [0.717, 1.165) is 25.0 Å². The maximum absolute atomic E-state index is 12.4. The maximum Gasteiger partial charge on any atom is 0.335 e. The fourth-order valence-electron chi connectivity index (χ4n) is 6.40. The number of nitrogens with zero attached hydrogens (tertiary/aromatic N) is 1. The minimum atomic E-state index is -2.35. The van der Waals surface area contributed by atoms with E-state index in [1.807, 2.05) is 19.3 Å².